The van der Waals surface area contributed by atoms with Crippen LogP contribution in [-0.4, -0.2) is 71.3 Å². The Balaban J connectivity index is 1.60. The van der Waals surface area contributed by atoms with Crippen molar-refractivity contribution in [3.05, 3.63) is 60.6 Å². The zero-order valence-electron chi connectivity index (χ0n) is 19.9. The van der Waals surface area contributed by atoms with Gasteiger partial charge in [0, 0.05) is 7.05 Å². The van der Waals surface area contributed by atoms with E-state index < -0.39 is 27.1 Å². The normalized spacial score (nSPS) is 18.2. The van der Waals surface area contributed by atoms with Gasteiger partial charge in [-0.15, -0.1) is 10.2 Å². The van der Waals surface area contributed by atoms with E-state index in [1.165, 1.54) is 30.1 Å². The minimum atomic E-state index is -4.20. The molecule has 1 fully saturated rings. The Labute approximate surface area is 210 Å². The standard InChI is InChI=1S/C22H22FN7O6S/c1-29-19(20-24-10-13(23)11-25-20)17(12-36-29)37(31,32)28-22-27-26-21(16-8-5-9-35-16)30(22)18-14(33-2)6-4-7-15(18)34-3/h4-11,17,19H,12H2,1-3H3,(H,27,28). The van der Waals surface area contributed by atoms with Crippen LogP contribution in [0.25, 0.3) is 17.3 Å². The Morgan fingerprint density at radius 3 is 2.41 bits per heavy atom. The highest BCUT2D eigenvalue weighted by molar-refractivity contribution is 7.93. The van der Waals surface area contributed by atoms with Crippen LogP contribution in [0.2, 0.25) is 0 Å². The van der Waals surface area contributed by atoms with Crippen molar-refractivity contribution in [1.82, 2.24) is 29.8 Å². The quantitative estimate of drug-likeness (QED) is 0.357. The molecule has 37 heavy (non-hydrogen) atoms. The Bertz CT molecular complexity index is 1470. The van der Waals surface area contributed by atoms with Gasteiger partial charge < -0.3 is 13.9 Å². The third-order valence-corrected chi connectivity index (χ3v) is 7.41. The van der Waals surface area contributed by atoms with Gasteiger partial charge in [0.15, 0.2) is 11.6 Å². The summed E-state index contributed by atoms with van der Waals surface area (Å²) in [6.45, 7) is -0.200. The summed E-state index contributed by atoms with van der Waals surface area (Å²) in [6.07, 6.45) is 3.38. The second-order valence-corrected chi connectivity index (χ2v) is 9.80. The first-order chi connectivity index (χ1) is 17.8. The number of nitrogens with one attached hydrogen (secondary N) is 1. The summed E-state index contributed by atoms with van der Waals surface area (Å²) in [5.41, 5.74) is 0.347. The number of ether oxygens (including phenoxy) is 2. The van der Waals surface area contributed by atoms with E-state index in [9.17, 15) is 12.8 Å². The summed E-state index contributed by atoms with van der Waals surface area (Å²) in [5, 5.41) is 8.42. The number of hydroxylamine groups is 2. The second-order valence-electron chi connectivity index (χ2n) is 7.90. The van der Waals surface area contributed by atoms with Gasteiger partial charge in [0.05, 0.1) is 39.5 Å². The number of anilines is 1. The molecule has 13 nitrogen and oxygen atoms in total. The van der Waals surface area contributed by atoms with E-state index in [-0.39, 0.29) is 24.2 Å². The molecule has 0 radical (unpaired) electrons. The number of hydrogen-bond acceptors (Lipinski definition) is 11. The largest absolute Gasteiger partial charge is 0.494 e. The van der Waals surface area contributed by atoms with E-state index in [1.807, 2.05) is 0 Å². The van der Waals surface area contributed by atoms with Crippen LogP contribution >= 0.6 is 0 Å². The van der Waals surface area contributed by atoms with Gasteiger partial charge in [-0.25, -0.2) is 22.8 Å². The number of para-hydroxylation sites is 1. The number of benzene rings is 1. The summed E-state index contributed by atoms with van der Waals surface area (Å²) in [5.74, 6) is 0.551. The third-order valence-electron chi connectivity index (χ3n) is 5.75. The number of rotatable bonds is 8. The van der Waals surface area contributed by atoms with Crippen LogP contribution in [0.5, 0.6) is 11.5 Å². The number of halogens is 1. The summed E-state index contributed by atoms with van der Waals surface area (Å²) in [4.78, 5) is 13.4. The molecule has 2 unspecified atom stereocenters. The first-order valence-electron chi connectivity index (χ1n) is 10.9. The van der Waals surface area contributed by atoms with E-state index in [2.05, 4.69) is 24.9 Å². The number of nitrogens with zero attached hydrogens (tertiary/aromatic N) is 6. The van der Waals surface area contributed by atoms with Crippen LogP contribution < -0.4 is 14.2 Å². The van der Waals surface area contributed by atoms with Crippen LogP contribution in [-0.2, 0) is 14.9 Å². The van der Waals surface area contributed by atoms with Gasteiger partial charge in [-0.1, -0.05) is 6.07 Å². The fourth-order valence-corrected chi connectivity index (χ4v) is 5.45. The molecule has 4 aromatic rings. The summed E-state index contributed by atoms with van der Waals surface area (Å²) in [7, 11) is 0.282. The molecule has 1 aliphatic heterocycles. The molecule has 194 valence electrons. The van der Waals surface area contributed by atoms with E-state index in [1.54, 1.807) is 37.4 Å². The Kier molecular flexibility index (Phi) is 6.49. The lowest BCUT2D eigenvalue weighted by Gasteiger charge is -2.22. The number of furan rings is 1. The molecular weight excluding hydrogens is 509 g/mol. The van der Waals surface area contributed by atoms with Crippen LogP contribution in [0.15, 0.2) is 53.4 Å². The lowest BCUT2D eigenvalue weighted by molar-refractivity contribution is -0.112. The smallest absolute Gasteiger partial charge is 0.243 e. The molecule has 0 amide bonds. The fraction of sp³-hybridized carbons (Fsp3) is 0.273. The molecule has 0 bridgehead atoms. The lowest BCUT2D eigenvalue weighted by atomic mass is 10.2. The van der Waals surface area contributed by atoms with Gasteiger partial charge in [-0.3, -0.25) is 14.1 Å². The topological polar surface area (TPSA) is 147 Å². The van der Waals surface area contributed by atoms with Gasteiger partial charge in [-0.2, -0.15) is 5.06 Å². The van der Waals surface area contributed by atoms with Crippen LogP contribution in [0.4, 0.5) is 10.3 Å². The maximum atomic E-state index is 13.7. The van der Waals surface area contributed by atoms with Crippen LogP contribution in [0.1, 0.15) is 11.9 Å². The molecule has 15 heteroatoms. The third kappa shape index (κ3) is 4.47. The van der Waals surface area contributed by atoms with E-state index in [4.69, 9.17) is 18.7 Å². The summed E-state index contributed by atoms with van der Waals surface area (Å²) < 4.78 is 61.3. The first kappa shape index (κ1) is 24.6. The molecule has 2 atom stereocenters. The Hall–Kier alpha value is -4.08. The average molecular weight is 532 g/mol. The number of methoxy groups -OCH3 is 2. The zero-order chi connectivity index (χ0) is 26.2. The molecule has 4 heterocycles. The van der Waals surface area contributed by atoms with Crippen molar-refractivity contribution in [3.8, 4) is 28.8 Å². The molecule has 1 saturated heterocycles. The fourth-order valence-electron chi connectivity index (χ4n) is 4.04. The molecule has 0 saturated carbocycles. The van der Waals surface area contributed by atoms with Gasteiger partial charge >= 0.3 is 0 Å². The van der Waals surface area contributed by atoms with Crippen molar-refractivity contribution in [2.75, 3.05) is 32.6 Å². The van der Waals surface area contributed by atoms with Crippen molar-refractivity contribution < 1.29 is 31.5 Å². The highest BCUT2D eigenvalue weighted by Gasteiger charge is 2.45. The lowest BCUT2D eigenvalue weighted by Crippen LogP contribution is -2.36. The maximum Gasteiger partial charge on any atom is 0.243 e. The van der Waals surface area contributed by atoms with Gasteiger partial charge in [0.25, 0.3) is 0 Å². The number of sulfonamides is 1. The molecule has 1 aliphatic rings. The van der Waals surface area contributed by atoms with Crippen molar-refractivity contribution in [2.45, 2.75) is 11.3 Å². The molecule has 0 aliphatic carbocycles. The number of hydrogen-bond donors (Lipinski definition) is 1. The summed E-state index contributed by atoms with van der Waals surface area (Å²) in [6, 6.07) is 7.49. The predicted octanol–water partition coefficient (Wildman–Crippen LogP) is 2.20. The van der Waals surface area contributed by atoms with Gasteiger partial charge in [-0.05, 0) is 24.3 Å². The van der Waals surface area contributed by atoms with Gasteiger partial charge in [0.1, 0.15) is 34.3 Å². The Morgan fingerprint density at radius 2 is 1.78 bits per heavy atom. The number of aromatic nitrogens is 5. The Morgan fingerprint density at radius 1 is 1.08 bits per heavy atom. The average Bonchev–Trinajstić information content (AvgIpc) is 3.64. The molecule has 3 aromatic heterocycles. The molecule has 0 spiro atoms. The van der Waals surface area contributed by atoms with Crippen LogP contribution in [0, 0.1) is 5.82 Å². The van der Waals surface area contributed by atoms with Crippen molar-refractivity contribution in [3.63, 3.8) is 0 Å². The predicted molar refractivity (Wildman–Crippen MR) is 127 cm³/mol. The monoisotopic (exact) mass is 531 g/mol. The van der Waals surface area contributed by atoms with Crippen molar-refractivity contribution >= 4 is 16.0 Å². The molecular formula is C22H22FN7O6S. The molecule has 5 rings (SSSR count). The zero-order valence-corrected chi connectivity index (χ0v) is 20.7. The molecule has 1 aromatic carbocycles. The summed E-state index contributed by atoms with van der Waals surface area (Å²) >= 11 is 0. The van der Waals surface area contributed by atoms with E-state index >= 15 is 0 Å². The molecule has 1 N–H and O–H groups in total. The maximum absolute atomic E-state index is 13.7. The van der Waals surface area contributed by atoms with Crippen molar-refractivity contribution in [1.29, 1.82) is 0 Å². The van der Waals surface area contributed by atoms with E-state index in [0.717, 1.165) is 12.4 Å². The second kappa shape index (κ2) is 9.76. The minimum Gasteiger partial charge on any atom is -0.494 e. The first-order valence-corrected chi connectivity index (χ1v) is 12.4. The highest BCUT2D eigenvalue weighted by atomic mass is 32.2. The minimum absolute atomic E-state index is 0.0842. The van der Waals surface area contributed by atoms with Crippen molar-refractivity contribution in [2.24, 2.45) is 0 Å². The highest BCUT2D eigenvalue weighted by Crippen LogP contribution is 2.39. The van der Waals surface area contributed by atoms with Gasteiger partial charge in [0.2, 0.25) is 21.8 Å². The SMILES string of the molecule is COc1cccc(OC)c1-n1c(NS(=O)(=O)C2CON(C)C2c2ncc(F)cn2)nnc1-c1ccco1. The van der Waals surface area contributed by atoms with Crippen LogP contribution in [0.3, 0.4) is 0 Å². The van der Waals surface area contributed by atoms with E-state index in [0.29, 0.717) is 22.9 Å².